The van der Waals surface area contributed by atoms with E-state index >= 15 is 0 Å². The van der Waals surface area contributed by atoms with Gasteiger partial charge in [0.15, 0.2) is 0 Å². The first-order chi connectivity index (χ1) is 11.9. The molecule has 1 aliphatic rings. The molecule has 2 aromatic heterocycles. The average molecular weight is 361 g/mol. The lowest BCUT2D eigenvalue weighted by atomic mass is 10.1. The second-order valence-corrected chi connectivity index (χ2v) is 7.93. The van der Waals surface area contributed by atoms with Crippen LogP contribution in [0.3, 0.4) is 0 Å². The summed E-state index contributed by atoms with van der Waals surface area (Å²) in [5.74, 6) is 1.00. The molecule has 0 spiro atoms. The van der Waals surface area contributed by atoms with Crippen molar-refractivity contribution in [3.63, 3.8) is 0 Å². The van der Waals surface area contributed by atoms with E-state index in [0.717, 1.165) is 5.56 Å². The van der Waals surface area contributed by atoms with Gasteiger partial charge in [0.1, 0.15) is 6.04 Å². The molecule has 1 aliphatic heterocycles. The number of carbonyl (C=O) groups is 2. The Labute approximate surface area is 149 Å². The van der Waals surface area contributed by atoms with Crippen molar-refractivity contribution in [3.05, 3.63) is 30.4 Å². The fourth-order valence-electron chi connectivity index (χ4n) is 2.35. The number of hydrogen-bond acceptors (Lipinski definition) is 7. The van der Waals surface area contributed by atoms with Crippen molar-refractivity contribution < 1.29 is 14.1 Å². The molecule has 8 nitrogen and oxygen atoms in total. The topological polar surface area (TPSA) is 101 Å². The normalized spacial score (nSPS) is 19.3. The summed E-state index contributed by atoms with van der Waals surface area (Å²) in [6.07, 6.45) is 3.29. The summed E-state index contributed by atoms with van der Waals surface area (Å²) in [6.45, 7) is 3.87. The number of carbonyl (C=O) groups excluding carboxylic acids is 2. The van der Waals surface area contributed by atoms with E-state index in [0.29, 0.717) is 17.5 Å². The van der Waals surface area contributed by atoms with Gasteiger partial charge in [0.2, 0.25) is 23.5 Å². The van der Waals surface area contributed by atoms with Crippen LogP contribution in [0.1, 0.15) is 19.7 Å². The van der Waals surface area contributed by atoms with E-state index in [1.54, 1.807) is 31.6 Å². The zero-order valence-electron chi connectivity index (χ0n) is 14.2. The van der Waals surface area contributed by atoms with Gasteiger partial charge in [0, 0.05) is 30.8 Å². The van der Waals surface area contributed by atoms with E-state index in [1.807, 2.05) is 13.8 Å². The van der Waals surface area contributed by atoms with Crippen molar-refractivity contribution in [2.45, 2.75) is 31.2 Å². The second-order valence-electron chi connectivity index (χ2n) is 6.29. The zero-order chi connectivity index (χ0) is 18.0. The van der Waals surface area contributed by atoms with E-state index in [9.17, 15) is 9.59 Å². The van der Waals surface area contributed by atoms with Crippen molar-refractivity contribution in [2.24, 2.45) is 0 Å². The number of pyridine rings is 1. The predicted molar refractivity (Wildman–Crippen MR) is 92.5 cm³/mol. The smallest absolute Gasteiger partial charge is 0.246 e. The molecule has 0 aliphatic carbocycles. The Bertz CT molecular complexity index is 777. The van der Waals surface area contributed by atoms with Gasteiger partial charge in [0.25, 0.3) is 0 Å². The van der Waals surface area contributed by atoms with Gasteiger partial charge in [0.05, 0.1) is 11.3 Å². The first-order valence-electron chi connectivity index (χ1n) is 7.80. The molecule has 3 rings (SSSR count). The third-order valence-electron chi connectivity index (χ3n) is 3.92. The first kappa shape index (κ1) is 17.4. The number of likely N-dealkylation sites (N-methyl/N-ethyl adjacent to an activating group) is 1. The van der Waals surface area contributed by atoms with E-state index in [4.69, 9.17) is 4.52 Å². The molecule has 0 radical (unpaired) electrons. The van der Waals surface area contributed by atoms with Crippen LogP contribution in [0.15, 0.2) is 29.0 Å². The van der Waals surface area contributed by atoms with Crippen LogP contribution in [0.2, 0.25) is 0 Å². The van der Waals surface area contributed by atoms with Gasteiger partial charge in [-0.1, -0.05) is 5.16 Å². The monoisotopic (exact) mass is 361 g/mol. The maximum absolute atomic E-state index is 12.5. The van der Waals surface area contributed by atoms with Crippen LogP contribution in [-0.4, -0.2) is 55.4 Å². The number of amides is 2. The Morgan fingerprint density at radius 1 is 1.44 bits per heavy atom. The molecule has 3 heterocycles. The fraction of sp³-hybridized carbons (Fsp3) is 0.438. The molecule has 1 atom stereocenters. The Balaban J connectivity index is 1.63. The maximum Gasteiger partial charge on any atom is 0.246 e. The van der Waals surface area contributed by atoms with Gasteiger partial charge in [-0.25, -0.2) is 0 Å². The molecule has 2 aromatic rings. The highest BCUT2D eigenvalue weighted by Gasteiger charge is 2.38. The lowest BCUT2D eigenvalue weighted by Crippen LogP contribution is -2.57. The first-order valence-corrected chi connectivity index (χ1v) is 8.78. The second kappa shape index (κ2) is 6.83. The summed E-state index contributed by atoms with van der Waals surface area (Å²) < 4.78 is 4.70. The van der Waals surface area contributed by atoms with Crippen LogP contribution in [-0.2, 0) is 16.1 Å². The number of nitrogens with zero attached hydrogens (tertiary/aromatic N) is 4. The van der Waals surface area contributed by atoms with Crippen molar-refractivity contribution >= 4 is 23.6 Å². The lowest BCUT2D eigenvalue weighted by molar-refractivity contribution is -0.136. The Kier molecular flexibility index (Phi) is 4.76. The molecular weight excluding hydrogens is 342 g/mol. The highest BCUT2D eigenvalue weighted by atomic mass is 32.2. The molecule has 1 fully saturated rings. The molecule has 0 aromatic carbocycles. The molecule has 132 valence electrons. The number of hydrogen-bond donors (Lipinski definition) is 1. The van der Waals surface area contributed by atoms with Gasteiger partial charge in [-0.05, 0) is 26.0 Å². The Morgan fingerprint density at radius 2 is 2.16 bits per heavy atom. The molecule has 0 saturated carbocycles. The SMILES string of the molecule is CN(Cc1nc(-c2ccncc2)no1)C(=O)[C@H]1CSC(C)(C)C(=O)N1. The Hall–Kier alpha value is -2.42. The molecule has 0 bridgehead atoms. The number of thioether (sulfide) groups is 1. The minimum Gasteiger partial charge on any atom is -0.342 e. The molecule has 25 heavy (non-hydrogen) atoms. The minimum atomic E-state index is -0.543. The van der Waals surface area contributed by atoms with Crippen LogP contribution < -0.4 is 5.32 Å². The quantitative estimate of drug-likeness (QED) is 0.870. The van der Waals surface area contributed by atoms with Crippen LogP contribution in [0.5, 0.6) is 0 Å². The average Bonchev–Trinajstić information content (AvgIpc) is 3.06. The standard InChI is InChI=1S/C16H19N5O3S/c1-16(2)15(23)18-11(9-25-16)14(22)21(3)8-12-19-13(20-24-12)10-4-6-17-7-5-10/h4-7,11H,8-9H2,1-3H3,(H,18,23)/t11-/m1/s1. The van der Waals surface area contributed by atoms with Crippen LogP contribution in [0, 0.1) is 0 Å². The van der Waals surface area contributed by atoms with Crippen molar-refractivity contribution in [2.75, 3.05) is 12.8 Å². The summed E-state index contributed by atoms with van der Waals surface area (Å²) in [4.78, 5) is 34.3. The van der Waals surface area contributed by atoms with Gasteiger partial charge in [-0.2, -0.15) is 4.98 Å². The highest BCUT2D eigenvalue weighted by molar-refractivity contribution is 8.01. The minimum absolute atomic E-state index is 0.131. The largest absolute Gasteiger partial charge is 0.342 e. The fourth-order valence-corrected chi connectivity index (χ4v) is 3.35. The van der Waals surface area contributed by atoms with E-state index in [-0.39, 0.29) is 18.4 Å². The molecule has 9 heteroatoms. The van der Waals surface area contributed by atoms with Crippen LogP contribution in [0.4, 0.5) is 0 Å². The van der Waals surface area contributed by atoms with Crippen LogP contribution >= 0.6 is 11.8 Å². The Morgan fingerprint density at radius 3 is 2.84 bits per heavy atom. The summed E-state index contributed by atoms with van der Waals surface area (Å²) >= 11 is 1.47. The summed E-state index contributed by atoms with van der Waals surface area (Å²) in [5.41, 5.74) is 0.789. The lowest BCUT2D eigenvalue weighted by Gasteiger charge is -2.34. The van der Waals surface area contributed by atoms with Gasteiger partial charge in [-0.3, -0.25) is 14.6 Å². The molecule has 0 unspecified atom stereocenters. The predicted octanol–water partition coefficient (Wildman–Crippen LogP) is 1.10. The molecule has 2 amide bonds. The summed E-state index contributed by atoms with van der Waals surface area (Å²) in [5, 5.41) is 6.70. The zero-order valence-corrected chi connectivity index (χ0v) is 15.0. The third kappa shape index (κ3) is 3.81. The van der Waals surface area contributed by atoms with Crippen molar-refractivity contribution in [1.29, 1.82) is 0 Å². The molecule has 1 saturated heterocycles. The van der Waals surface area contributed by atoms with Gasteiger partial charge in [-0.15, -0.1) is 11.8 Å². The number of rotatable bonds is 4. The number of aromatic nitrogens is 3. The summed E-state index contributed by atoms with van der Waals surface area (Å²) in [6, 6.07) is 3.01. The highest BCUT2D eigenvalue weighted by Crippen LogP contribution is 2.29. The molecule has 1 N–H and O–H groups in total. The van der Waals surface area contributed by atoms with E-state index in [1.165, 1.54) is 16.7 Å². The number of nitrogens with one attached hydrogen (secondary N) is 1. The maximum atomic E-state index is 12.5. The summed E-state index contributed by atoms with van der Waals surface area (Å²) in [7, 11) is 1.65. The van der Waals surface area contributed by atoms with E-state index in [2.05, 4.69) is 20.4 Å². The van der Waals surface area contributed by atoms with Gasteiger partial charge >= 0.3 is 0 Å². The van der Waals surface area contributed by atoms with Gasteiger partial charge < -0.3 is 14.7 Å². The van der Waals surface area contributed by atoms with Crippen molar-refractivity contribution in [3.8, 4) is 11.4 Å². The van der Waals surface area contributed by atoms with Crippen LogP contribution in [0.25, 0.3) is 11.4 Å². The van der Waals surface area contributed by atoms with E-state index < -0.39 is 10.8 Å². The molecular formula is C16H19N5O3S. The third-order valence-corrected chi connectivity index (χ3v) is 5.32. The van der Waals surface area contributed by atoms with Crippen molar-refractivity contribution in [1.82, 2.24) is 25.3 Å².